The molecular weight excluding hydrogens is 341 g/mol. The summed E-state index contributed by atoms with van der Waals surface area (Å²) >= 11 is 0. The molecule has 27 heavy (non-hydrogen) atoms. The molecule has 2 heterocycles. The summed E-state index contributed by atoms with van der Waals surface area (Å²) in [5.41, 5.74) is 2.55. The van der Waals surface area contributed by atoms with E-state index in [0.29, 0.717) is 18.5 Å². The zero-order chi connectivity index (χ0) is 19.6. The number of piperazine rings is 1. The lowest BCUT2D eigenvalue weighted by atomic mass is 9.86. The molecule has 0 unspecified atom stereocenters. The molecule has 1 aromatic rings. The standard InChI is InChI=1S/C22H32FN3O/c1-5-11-26-12-10-22(9-8-20(26)27)16-25(14-13-24(22)4)15-19-7-6-17(2)21(23)18(19)3/h5-7H,1,8-16H2,2-4H3/t22-/m0/s1. The van der Waals surface area contributed by atoms with Crippen LogP contribution >= 0.6 is 0 Å². The number of likely N-dealkylation sites (N-methyl/N-ethyl adjacent to an activating group) is 1. The largest absolute Gasteiger partial charge is 0.339 e. The molecule has 0 aliphatic carbocycles. The number of benzene rings is 1. The maximum Gasteiger partial charge on any atom is 0.222 e. The number of likely N-dealkylation sites (tertiary alicyclic amines) is 1. The molecule has 2 fully saturated rings. The molecule has 0 radical (unpaired) electrons. The van der Waals surface area contributed by atoms with Crippen LogP contribution in [0.25, 0.3) is 0 Å². The maximum absolute atomic E-state index is 14.3. The fourth-order valence-electron chi connectivity index (χ4n) is 4.53. The van der Waals surface area contributed by atoms with Gasteiger partial charge in [0, 0.05) is 51.2 Å². The highest BCUT2D eigenvalue weighted by molar-refractivity contribution is 5.76. The molecule has 0 N–H and O–H groups in total. The van der Waals surface area contributed by atoms with Crippen molar-refractivity contribution in [2.24, 2.45) is 0 Å². The molecule has 5 heteroatoms. The van der Waals surface area contributed by atoms with Crippen LogP contribution in [0.5, 0.6) is 0 Å². The summed E-state index contributed by atoms with van der Waals surface area (Å²) in [6.45, 7) is 12.5. The lowest BCUT2D eigenvalue weighted by Crippen LogP contribution is -2.60. The first kappa shape index (κ1) is 20.0. The minimum absolute atomic E-state index is 0.0149. The topological polar surface area (TPSA) is 26.8 Å². The SMILES string of the molecule is C=CCN1CC[C@@]2(CCC1=O)CN(Cc1ccc(C)c(F)c1C)CCN2C. The van der Waals surface area contributed by atoms with Crippen LogP contribution in [0.15, 0.2) is 24.8 Å². The van der Waals surface area contributed by atoms with Gasteiger partial charge in [0.1, 0.15) is 5.82 Å². The van der Waals surface area contributed by atoms with E-state index in [1.807, 2.05) is 30.9 Å². The van der Waals surface area contributed by atoms with E-state index in [9.17, 15) is 9.18 Å². The number of carbonyl (C=O) groups excluding carboxylic acids is 1. The molecule has 3 rings (SSSR count). The molecule has 2 saturated heterocycles. The van der Waals surface area contributed by atoms with Crippen LogP contribution in [-0.2, 0) is 11.3 Å². The first-order chi connectivity index (χ1) is 12.9. The lowest BCUT2D eigenvalue weighted by Gasteiger charge is -2.49. The van der Waals surface area contributed by atoms with Crippen LogP contribution in [0.4, 0.5) is 4.39 Å². The van der Waals surface area contributed by atoms with Gasteiger partial charge in [-0.2, -0.15) is 0 Å². The third-order valence-electron chi connectivity index (χ3n) is 6.52. The van der Waals surface area contributed by atoms with Crippen molar-refractivity contribution in [2.75, 3.05) is 39.8 Å². The Morgan fingerprint density at radius 2 is 2.00 bits per heavy atom. The molecule has 1 aromatic carbocycles. The number of hydrogen-bond donors (Lipinski definition) is 0. The Labute approximate surface area is 162 Å². The van der Waals surface area contributed by atoms with Gasteiger partial charge in [0.15, 0.2) is 0 Å². The highest BCUT2D eigenvalue weighted by Gasteiger charge is 2.42. The van der Waals surface area contributed by atoms with Gasteiger partial charge in [-0.1, -0.05) is 18.2 Å². The van der Waals surface area contributed by atoms with Gasteiger partial charge in [-0.3, -0.25) is 14.6 Å². The Kier molecular flexibility index (Phi) is 6.02. The average Bonchev–Trinajstić information content (AvgIpc) is 2.80. The van der Waals surface area contributed by atoms with Crippen molar-refractivity contribution < 1.29 is 9.18 Å². The van der Waals surface area contributed by atoms with E-state index in [2.05, 4.69) is 29.5 Å². The fourth-order valence-corrected chi connectivity index (χ4v) is 4.53. The van der Waals surface area contributed by atoms with Gasteiger partial charge in [0.2, 0.25) is 5.91 Å². The number of nitrogens with zero attached hydrogens (tertiary/aromatic N) is 3. The molecule has 4 nitrogen and oxygen atoms in total. The molecule has 1 spiro atoms. The van der Waals surface area contributed by atoms with E-state index in [-0.39, 0.29) is 17.3 Å². The fraction of sp³-hybridized carbons (Fsp3) is 0.591. The summed E-state index contributed by atoms with van der Waals surface area (Å²) < 4.78 is 14.3. The second-order valence-corrected chi connectivity index (χ2v) is 8.22. The molecule has 0 saturated carbocycles. The van der Waals surface area contributed by atoms with E-state index >= 15 is 0 Å². The summed E-state index contributed by atoms with van der Waals surface area (Å²) in [6.07, 6.45) is 4.25. The first-order valence-electron chi connectivity index (χ1n) is 9.93. The minimum Gasteiger partial charge on any atom is -0.339 e. The molecule has 148 valence electrons. The van der Waals surface area contributed by atoms with Gasteiger partial charge in [0.25, 0.3) is 0 Å². The van der Waals surface area contributed by atoms with Crippen LogP contribution in [-0.4, -0.2) is 65.9 Å². The third kappa shape index (κ3) is 4.09. The molecule has 1 amide bonds. The van der Waals surface area contributed by atoms with E-state index < -0.39 is 0 Å². The molecule has 2 aliphatic rings. The number of rotatable bonds is 4. The molecular formula is C22H32FN3O. The van der Waals surface area contributed by atoms with Crippen LogP contribution in [0, 0.1) is 19.7 Å². The Bertz CT molecular complexity index is 720. The van der Waals surface area contributed by atoms with E-state index in [1.54, 1.807) is 0 Å². The summed E-state index contributed by atoms with van der Waals surface area (Å²) in [4.78, 5) is 19.2. The smallest absolute Gasteiger partial charge is 0.222 e. The number of hydrogen-bond acceptors (Lipinski definition) is 3. The zero-order valence-electron chi connectivity index (χ0n) is 16.9. The predicted molar refractivity (Wildman–Crippen MR) is 107 cm³/mol. The molecule has 2 aliphatic heterocycles. The van der Waals surface area contributed by atoms with Gasteiger partial charge in [-0.15, -0.1) is 6.58 Å². The van der Waals surface area contributed by atoms with Crippen molar-refractivity contribution in [3.05, 3.63) is 47.3 Å². The van der Waals surface area contributed by atoms with Crippen LogP contribution in [0.3, 0.4) is 0 Å². The minimum atomic E-state index is -0.0866. The van der Waals surface area contributed by atoms with Gasteiger partial charge in [-0.25, -0.2) is 4.39 Å². The van der Waals surface area contributed by atoms with Crippen molar-refractivity contribution in [3.8, 4) is 0 Å². The Balaban J connectivity index is 1.75. The Morgan fingerprint density at radius 1 is 1.22 bits per heavy atom. The number of aryl methyl sites for hydroxylation is 1. The molecule has 1 atom stereocenters. The number of halogens is 1. The number of amides is 1. The van der Waals surface area contributed by atoms with Gasteiger partial charge < -0.3 is 4.90 Å². The highest BCUT2D eigenvalue weighted by Crippen LogP contribution is 2.33. The summed E-state index contributed by atoms with van der Waals surface area (Å²) in [6, 6.07) is 3.93. The number of carbonyl (C=O) groups is 1. The lowest BCUT2D eigenvalue weighted by molar-refractivity contribution is -0.130. The van der Waals surface area contributed by atoms with Crippen molar-refractivity contribution >= 4 is 5.91 Å². The van der Waals surface area contributed by atoms with Crippen LogP contribution < -0.4 is 0 Å². The van der Waals surface area contributed by atoms with Crippen molar-refractivity contribution in [2.45, 2.75) is 45.2 Å². The Morgan fingerprint density at radius 3 is 2.74 bits per heavy atom. The average molecular weight is 374 g/mol. The normalized spacial score (nSPS) is 25.0. The second kappa shape index (κ2) is 8.11. The van der Waals surface area contributed by atoms with Crippen LogP contribution in [0.2, 0.25) is 0 Å². The quantitative estimate of drug-likeness (QED) is 0.759. The second-order valence-electron chi connectivity index (χ2n) is 8.22. The van der Waals surface area contributed by atoms with Crippen LogP contribution in [0.1, 0.15) is 36.0 Å². The summed E-state index contributed by atoms with van der Waals surface area (Å²) in [7, 11) is 2.18. The van der Waals surface area contributed by atoms with Crippen molar-refractivity contribution in [3.63, 3.8) is 0 Å². The van der Waals surface area contributed by atoms with Gasteiger partial charge >= 0.3 is 0 Å². The predicted octanol–water partition coefficient (Wildman–Crippen LogP) is 3.13. The highest BCUT2D eigenvalue weighted by atomic mass is 19.1. The van der Waals surface area contributed by atoms with Gasteiger partial charge in [0.05, 0.1) is 0 Å². The van der Waals surface area contributed by atoms with E-state index in [0.717, 1.165) is 56.7 Å². The van der Waals surface area contributed by atoms with Gasteiger partial charge in [-0.05, 0) is 50.4 Å². The Hall–Kier alpha value is -1.72. The summed E-state index contributed by atoms with van der Waals surface area (Å²) in [5.74, 6) is 0.144. The van der Waals surface area contributed by atoms with Crippen molar-refractivity contribution in [1.82, 2.24) is 14.7 Å². The first-order valence-corrected chi connectivity index (χ1v) is 9.93. The maximum atomic E-state index is 14.3. The van der Waals surface area contributed by atoms with E-state index in [1.165, 1.54) is 0 Å². The zero-order valence-corrected chi connectivity index (χ0v) is 16.9. The third-order valence-corrected chi connectivity index (χ3v) is 6.52. The molecule has 0 bridgehead atoms. The molecule has 0 aromatic heterocycles. The van der Waals surface area contributed by atoms with E-state index in [4.69, 9.17) is 0 Å². The van der Waals surface area contributed by atoms with Crippen molar-refractivity contribution in [1.29, 1.82) is 0 Å². The monoisotopic (exact) mass is 373 g/mol. The summed E-state index contributed by atoms with van der Waals surface area (Å²) in [5, 5.41) is 0.